The van der Waals surface area contributed by atoms with E-state index >= 15 is 0 Å². The molecule has 0 aliphatic rings. The topological polar surface area (TPSA) is 29.9 Å². The van der Waals surface area contributed by atoms with Crippen LogP contribution in [0.4, 0.5) is 0 Å². The Morgan fingerprint density at radius 2 is 2.12 bits per heavy atom. The van der Waals surface area contributed by atoms with Gasteiger partial charge in [-0.15, -0.1) is 0 Å². The molecule has 92 valence electrons. The lowest BCUT2D eigenvalue weighted by Crippen LogP contribution is -2.25. The molecule has 1 heterocycles. The Kier molecular flexibility index (Phi) is 4.39. The SMILES string of the molecule is CCn1ncc(Cl)c1C(CC(C)(C)C)NC. The molecule has 0 radical (unpaired) electrons. The fraction of sp³-hybridized carbons (Fsp3) is 0.750. The summed E-state index contributed by atoms with van der Waals surface area (Å²) in [7, 11) is 1.97. The summed E-state index contributed by atoms with van der Waals surface area (Å²) >= 11 is 6.20. The molecule has 0 aliphatic carbocycles. The van der Waals surface area contributed by atoms with Crippen molar-refractivity contribution in [3.63, 3.8) is 0 Å². The van der Waals surface area contributed by atoms with Crippen molar-refractivity contribution in [3.8, 4) is 0 Å². The van der Waals surface area contributed by atoms with E-state index in [-0.39, 0.29) is 11.5 Å². The van der Waals surface area contributed by atoms with Gasteiger partial charge in [-0.05, 0) is 25.8 Å². The first kappa shape index (κ1) is 13.5. The standard InChI is InChI=1S/C12H22ClN3/c1-6-16-11(9(13)8-15-16)10(14-5)7-12(2,3)4/h8,10,14H,6-7H2,1-5H3. The van der Waals surface area contributed by atoms with Crippen molar-refractivity contribution in [3.05, 3.63) is 16.9 Å². The average Bonchev–Trinajstić information content (AvgIpc) is 2.54. The van der Waals surface area contributed by atoms with Gasteiger partial charge in [0.05, 0.1) is 23.0 Å². The molecule has 3 nitrogen and oxygen atoms in total. The smallest absolute Gasteiger partial charge is 0.0834 e. The van der Waals surface area contributed by atoms with Gasteiger partial charge >= 0.3 is 0 Å². The van der Waals surface area contributed by atoms with Crippen LogP contribution in [0, 0.1) is 5.41 Å². The Hall–Kier alpha value is -0.540. The van der Waals surface area contributed by atoms with E-state index < -0.39 is 0 Å². The van der Waals surface area contributed by atoms with Crippen LogP contribution < -0.4 is 5.32 Å². The number of hydrogen-bond donors (Lipinski definition) is 1. The zero-order chi connectivity index (χ0) is 12.3. The number of halogens is 1. The summed E-state index contributed by atoms with van der Waals surface area (Å²) in [4.78, 5) is 0. The van der Waals surface area contributed by atoms with Crippen LogP contribution in [0.25, 0.3) is 0 Å². The van der Waals surface area contributed by atoms with E-state index in [1.165, 1.54) is 0 Å². The Morgan fingerprint density at radius 1 is 1.50 bits per heavy atom. The molecule has 4 heteroatoms. The van der Waals surface area contributed by atoms with Gasteiger partial charge in [0.1, 0.15) is 0 Å². The Morgan fingerprint density at radius 3 is 2.56 bits per heavy atom. The predicted molar refractivity (Wildman–Crippen MR) is 68.8 cm³/mol. The van der Waals surface area contributed by atoms with E-state index in [2.05, 4.69) is 38.1 Å². The van der Waals surface area contributed by atoms with Crippen LogP contribution >= 0.6 is 11.6 Å². The quantitative estimate of drug-likeness (QED) is 0.880. The van der Waals surface area contributed by atoms with Crippen LogP contribution in [0.1, 0.15) is 45.9 Å². The minimum Gasteiger partial charge on any atom is -0.312 e. The molecule has 16 heavy (non-hydrogen) atoms. The maximum atomic E-state index is 6.20. The summed E-state index contributed by atoms with van der Waals surface area (Å²) in [6.07, 6.45) is 2.77. The minimum absolute atomic E-state index is 0.259. The minimum atomic E-state index is 0.259. The number of hydrogen-bond acceptors (Lipinski definition) is 2. The van der Waals surface area contributed by atoms with Gasteiger partial charge in [0.2, 0.25) is 0 Å². The van der Waals surface area contributed by atoms with Gasteiger partial charge in [-0.3, -0.25) is 4.68 Å². The van der Waals surface area contributed by atoms with E-state index in [9.17, 15) is 0 Å². The number of aryl methyl sites for hydroxylation is 1. The largest absolute Gasteiger partial charge is 0.312 e. The number of nitrogens with zero attached hydrogens (tertiary/aromatic N) is 2. The molecule has 0 amide bonds. The first-order valence-corrected chi connectivity index (χ1v) is 6.15. The fourth-order valence-electron chi connectivity index (χ4n) is 1.92. The maximum Gasteiger partial charge on any atom is 0.0834 e. The lowest BCUT2D eigenvalue weighted by Gasteiger charge is -2.26. The molecule has 0 aliphatic heterocycles. The van der Waals surface area contributed by atoms with E-state index in [0.29, 0.717) is 0 Å². The van der Waals surface area contributed by atoms with Crippen molar-refractivity contribution >= 4 is 11.6 Å². The molecule has 0 fully saturated rings. The Bertz CT molecular complexity index is 339. The van der Waals surface area contributed by atoms with Crippen molar-refractivity contribution in [1.82, 2.24) is 15.1 Å². The lowest BCUT2D eigenvalue weighted by atomic mass is 9.87. The summed E-state index contributed by atoms with van der Waals surface area (Å²) in [5.41, 5.74) is 1.36. The molecule has 0 aromatic carbocycles. The second-order valence-corrected chi connectivity index (χ2v) is 5.71. The molecule has 1 unspecified atom stereocenters. The first-order chi connectivity index (χ1) is 7.39. The number of rotatable bonds is 4. The first-order valence-electron chi connectivity index (χ1n) is 5.77. The molecule has 1 N–H and O–H groups in total. The van der Waals surface area contributed by atoms with Crippen molar-refractivity contribution in [2.75, 3.05) is 7.05 Å². The third-order valence-electron chi connectivity index (χ3n) is 2.63. The summed E-state index contributed by atoms with van der Waals surface area (Å²) in [6.45, 7) is 9.63. The van der Waals surface area contributed by atoms with Crippen molar-refractivity contribution < 1.29 is 0 Å². The van der Waals surface area contributed by atoms with Crippen molar-refractivity contribution in [2.45, 2.75) is 46.7 Å². The predicted octanol–water partition coefficient (Wildman–Crippen LogP) is 3.25. The maximum absolute atomic E-state index is 6.20. The van der Waals surface area contributed by atoms with Gasteiger partial charge in [-0.25, -0.2) is 0 Å². The van der Waals surface area contributed by atoms with Gasteiger partial charge < -0.3 is 5.32 Å². The molecular weight excluding hydrogens is 222 g/mol. The molecule has 0 bridgehead atoms. The van der Waals surface area contributed by atoms with Crippen molar-refractivity contribution in [1.29, 1.82) is 0 Å². The number of nitrogens with one attached hydrogen (secondary N) is 1. The highest BCUT2D eigenvalue weighted by atomic mass is 35.5. The third kappa shape index (κ3) is 3.22. The van der Waals surface area contributed by atoms with Gasteiger partial charge in [0.15, 0.2) is 0 Å². The van der Waals surface area contributed by atoms with Crippen LogP contribution in [0.3, 0.4) is 0 Å². The molecule has 1 atom stereocenters. The third-order valence-corrected chi connectivity index (χ3v) is 2.92. The lowest BCUT2D eigenvalue weighted by molar-refractivity contribution is 0.311. The van der Waals surface area contributed by atoms with Crippen LogP contribution in [0.15, 0.2) is 6.20 Å². The van der Waals surface area contributed by atoms with Gasteiger partial charge in [-0.1, -0.05) is 32.4 Å². The van der Waals surface area contributed by atoms with E-state index in [0.717, 1.165) is 23.7 Å². The zero-order valence-corrected chi connectivity index (χ0v) is 11.6. The van der Waals surface area contributed by atoms with Gasteiger partial charge in [0, 0.05) is 6.54 Å². The van der Waals surface area contributed by atoms with Crippen molar-refractivity contribution in [2.24, 2.45) is 5.41 Å². The Balaban J connectivity index is 2.98. The highest BCUT2D eigenvalue weighted by Gasteiger charge is 2.23. The summed E-state index contributed by atoms with van der Waals surface area (Å²) < 4.78 is 1.97. The second kappa shape index (κ2) is 5.19. The molecule has 0 saturated carbocycles. The van der Waals surface area contributed by atoms with Gasteiger partial charge in [-0.2, -0.15) is 5.10 Å². The second-order valence-electron chi connectivity index (χ2n) is 5.30. The molecule has 0 saturated heterocycles. The van der Waals surface area contributed by atoms with Crippen LogP contribution in [-0.2, 0) is 6.54 Å². The summed E-state index contributed by atoms with van der Waals surface area (Å²) in [6, 6.07) is 0.259. The number of aromatic nitrogens is 2. The highest BCUT2D eigenvalue weighted by Crippen LogP contribution is 2.32. The average molecular weight is 244 g/mol. The summed E-state index contributed by atoms with van der Waals surface area (Å²) in [5, 5.41) is 8.36. The van der Waals surface area contributed by atoms with E-state index in [1.807, 2.05) is 11.7 Å². The fourth-order valence-corrected chi connectivity index (χ4v) is 2.19. The summed E-state index contributed by atoms with van der Waals surface area (Å²) in [5.74, 6) is 0. The van der Waals surface area contributed by atoms with E-state index in [4.69, 9.17) is 11.6 Å². The monoisotopic (exact) mass is 243 g/mol. The molecule has 1 aromatic heterocycles. The molecule has 1 aromatic rings. The van der Waals surface area contributed by atoms with Crippen LogP contribution in [-0.4, -0.2) is 16.8 Å². The highest BCUT2D eigenvalue weighted by molar-refractivity contribution is 6.31. The van der Waals surface area contributed by atoms with Gasteiger partial charge in [0.25, 0.3) is 0 Å². The Labute approximate surface area is 103 Å². The normalized spacial score (nSPS) is 14.1. The molecular formula is C12H22ClN3. The van der Waals surface area contributed by atoms with Crippen LogP contribution in [0.5, 0.6) is 0 Å². The van der Waals surface area contributed by atoms with Crippen LogP contribution in [0.2, 0.25) is 5.02 Å². The van der Waals surface area contributed by atoms with E-state index in [1.54, 1.807) is 6.20 Å². The zero-order valence-electron chi connectivity index (χ0n) is 10.8. The molecule has 0 spiro atoms. The molecule has 1 rings (SSSR count).